The molecule has 0 saturated carbocycles. The van der Waals surface area contributed by atoms with Crippen molar-refractivity contribution in [3.8, 4) is 22.3 Å². The Hall–Kier alpha value is -7.50. The minimum absolute atomic E-state index is 0.0347. The fraction of sp³-hybridized carbons (Fsp3) is 0.123. The lowest BCUT2D eigenvalue weighted by Crippen LogP contribution is -2.40. The molecule has 1 N–H and O–H groups in total. The number of allylic oxidation sites excluding steroid dienone is 3. The Balaban J connectivity index is 0.959. The van der Waals surface area contributed by atoms with Crippen molar-refractivity contribution in [1.82, 2.24) is 9.38 Å². The van der Waals surface area contributed by atoms with Crippen molar-refractivity contribution in [2.75, 3.05) is 10.2 Å². The molecule has 4 aliphatic rings. The first-order valence-electron chi connectivity index (χ1n) is 21.9. The molecule has 296 valence electrons. The topological polar surface area (TPSA) is 44.9 Å². The molecule has 0 radical (unpaired) electrons. The maximum Gasteiger partial charge on any atom is 0.146 e. The number of benzene rings is 7. The van der Waals surface area contributed by atoms with Crippen LogP contribution in [-0.4, -0.2) is 21.1 Å². The monoisotopic (exact) mass is 797 g/mol. The summed E-state index contributed by atoms with van der Waals surface area (Å²) in [7, 11) is 0. The number of pyridine rings is 1. The van der Waals surface area contributed by atoms with Gasteiger partial charge in [0.2, 0.25) is 0 Å². The van der Waals surface area contributed by atoms with Gasteiger partial charge in [-0.05, 0) is 106 Å². The summed E-state index contributed by atoms with van der Waals surface area (Å²) in [4.78, 5) is 13.5. The fourth-order valence-electron chi connectivity index (χ4n) is 10.9. The molecule has 0 bridgehead atoms. The number of para-hydroxylation sites is 4. The molecular weight excluding hydrogens is 755 g/mol. The molecule has 0 spiro atoms. The highest BCUT2D eigenvalue weighted by Crippen LogP contribution is 2.55. The van der Waals surface area contributed by atoms with Crippen LogP contribution in [-0.2, 0) is 0 Å². The zero-order chi connectivity index (χ0) is 41.1. The summed E-state index contributed by atoms with van der Waals surface area (Å²) < 4.78 is 2.34. The first-order valence-corrected chi connectivity index (χ1v) is 21.9. The van der Waals surface area contributed by atoms with Gasteiger partial charge in [-0.25, -0.2) is 4.98 Å². The molecule has 4 unspecified atom stereocenters. The summed E-state index contributed by atoms with van der Waals surface area (Å²) in [5.74, 6) is 0.253. The van der Waals surface area contributed by atoms with E-state index in [1.165, 1.54) is 66.8 Å². The lowest BCUT2D eigenvalue weighted by Gasteiger charge is -2.44. The molecular formula is C57H43N5. The van der Waals surface area contributed by atoms with Crippen LogP contribution in [0.2, 0.25) is 0 Å². The smallest absolute Gasteiger partial charge is 0.146 e. The summed E-state index contributed by atoms with van der Waals surface area (Å²) in [6.07, 6.45) is 10.6. The number of aromatic nitrogens is 2. The predicted octanol–water partition coefficient (Wildman–Crippen LogP) is 13.8. The summed E-state index contributed by atoms with van der Waals surface area (Å²) in [6, 6.07) is 59.5. The van der Waals surface area contributed by atoms with Crippen molar-refractivity contribution in [2.45, 2.75) is 32.5 Å². The highest BCUT2D eigenvalue weighted by molar-refractivity contribution is 6.18. The lowest BCUT2D eigenvalue weighted by atomic mass is 9.68. The second-order valence-corrected chi connectivity index (χ2v) is 17.8. The third-order valence-corrected chi connectivity index (χ3v) is 14.0. The Bertz CT molecular complexity index is 3460. The largest absolute Gasteiger partial charge is 0.359 e. The molecule has 5 heterocycles. The van der Waals surface area contributed by atoms with E-state index < -0.39 is 0 Å². The van der Waals surface area contributed by atoms with Gasteiger partial charge in [-0.3, -0.25) is 9.39 Å². The first kappa shape index (κ1) is 35.3. The minimum Gasteiger partial charge on any atom is -0.359 e. The maximum atomic E-state index is 5.75. The van der Waals surface area contributed by atoms with Gasteiger partial charge in [0, 0.05) is 38.6 Å². The highest BCUT2D eigenvalue weighted by Gasteiger charge is 2.45. The van der Waals surface area contributed by atoms with Gasteiger partial charge in [0.15, 0.2) is 0 Å². The molecule has 4 atom stereocenters. The van der Waals surface area contributed by atoms with Gasteiger partial charge in [0.1, 0.15) is 11.8 Å². The van der Waals surface area contributed by atoms with Crippen LogP contribution in [0.15, 0.2) is 199 Å². The number of aliphatic imine (C=N–C) groups is 1. The van der Waals surface area contributed by atoms with Gasteiger partial charge < -0.3 is 10.2 Å². The van der Waals surface area contributed by atoms with Crippen LogP contribution in [0.25, 0.3) is 66.2 Å². The van der Waals surface area contributed by atoms with E-state index in [0.29, 0.717) is 0 Å². The normalized spacial score (nSPS) is 21.2. The molecule has 0 saturated heterocycles. The van der Waals surface area contributed by atoms with E-state index in [2.05, 4.69) is 217 Å². The zero-order valence-corrected chi connectivity index (χ0v) is 34.6. The average molecular weight is 798 g/mol. The number of anilines is 2. The lowest BCUT2D eigenvalue weighted by molar-refractivity contribution is 0.289. The quantitative estimate of drug-likeness (QED) is 0.180. The number of rotatable bonds is 4. The Morgan fingerprint density at radius 2 is 1.35 bits per heavy atom. The Morgan fingerprint density at radius 3 is 2.19 bits per heavy atom. The van der Waals surface area contributed by atoms with Crippen LogP contribution in [0.3, 0.4) is 0 Å². The molecule has 62 heavy (non-hydrogen) atoms. The van der Waals surface area contributed by atoms with Gasteiger partial charge in [0.05, 0.1) is 39.7 Å². The van der Waals surface area contributed by atoms with Crippen molar-refractivity contribution in [3.05, 3.63) is 210 Å². The molecule has 1 aliphatic carbocycles. The molecule has 3 aliphatic heterocycles. The second-order valence-electron chi connectivity index (χ2n) is 17.8. The number of imidazole rings is 1. The predicted molar refractivity (Wildman–Crippen MR) is 258 cm³/mol. The number of fused-ring (bicyclic) bond motifs is 16. The number of dihydropyridines is 1. The van der Waals surface area contributed by atoms with Crippen molar-refractivity contribution < 1.29 is 0 Å². The summed E-state index contributed by atoms with van der Waals surface area (Å²) >= 11 is 0. The summed E-state index contributed by atoms with van der Waals surface area (Å²) in [5.41, 5.74) is 18.6. The summed E-state index contributed by atoms with van der Waals surface area (Å²) in [6.45, 7) is 4.76. The van der Waals surface area contributed by atoms with Crippen molar-refractivity contribution >= 4 is 61.0 Å². The van der Waals surface area contributed by atoms with Crippen LogP contribution in [0.1, 0.15) is 43.1 Å². The number of hydrogen-bond donors (Lipinski definition) is 1. The maximum absolute atomic E-state index is 5.75. The molecule has 5 nitrogen and oxygen atoms in total. The van der Waals surface area contributed by atoms with E-state index in [1.54, 1.807) is 0 Å². The number of nitrogens with one attached hydrogen (secondary N) is 1. The van der Waals surface area contributed by atoms with Gasteiger partial charge in [-0.15, -0.1) is 0 Å². The van der Waals surface area contributed by atoms with Crippen LogP contribution in [0.5, 0.6) is 0 Å². The van der Waals surface area contributed by atoms with Crippen LogP contribution < -0.4 is 10.2 Å². The minimum atomic E-state index is -0.232. The molecule has 0 fully saturated rings. The first-order chi connectivity index (χ1) is 30.5. The fourth-order valence-corrected chi connectivity index (χ4v) is 10.9. The Morgan fingerprint density at radius 1 is 0.645 bits per heavy atom. The SMILES string of the molecule is CC1C=CC(c2ccc3c(c2)c2cc(-c4ccccc4)ccc2c2nc4ccccc4n32)=NC1C1(C)C=C2C(=CC1)N1c3ccccc3NC1c1ccc(-c3ccccc3)cc12. The standard InChI is InChI=1S/C57H43N5/c1-35-21-27-47(40-24-28-50-45(33-40)43-31-38(36-13-5-3-6-14-36)22-25-41(43)55-59-48-17-9-11-19-52(48)61(50)55)58-54(35)57(2)30-29-51-46(34-57)44-32-39(37-15-7-4-8-16-37)23-26-42(44)56-60-49-18-10-12-20-53(49)62(51)56/h3-29,31-35,54,56,60H,30H2,1-2H3. The third kappa shape index (κ3) is 5.21. The molecule has 9 aromatic rings. The average Bonchev–Trinajstić information content (AvgIpc) is 3.92. The number of nitrogens with zero attached hydrogens (tertiary/aromatic N) is 4. The zero-order valence-electron chi connectivity index (χ0n) is 34.6. The van der Waals surface area contributed by atoms with E-state index in [-0.39, 0.29) is 23.5 Å². The van der Waals surface area contributed by atoms with Crippen molar-refractivity contribution in [2.24, 2.45) is 16.3 Å². The highest BCUT2D eigenvalue weighted by atomic mass is 15.3. The second kappa shape index (κ2) is 13.2. The van der Waals surface area contributed by atoms with Crippen molar-refractivity contribution in [1.29, 1.82) is 0 Å². The van der Waals surface area contributed by atoms with E-state index >= 15 is 0 Å². The summed E-state index contributed by atoms with van der Waals surface area (Å²) in [5, 5.41) is 7.40. The molecule has 5 heteroatoms. The van der Waals surface area contributed by atoms with E-state index in [9.17, 15) is 0 Å². The molecule has 0 amide bonds. The van der Waals surface area contributed by atoms with E-state index in [4.69, 9.17) is 9.98 Å². The molecule has 13 rings (SSSR count). The van der Waals surface area contributed by atoms with Gasteiger partial charge in [0.25, 0.3) is 0 Å². The van der Waals surface area contributed by atoms with Crippen LogP contribution >= 0.6 is 0 Å². The van der Waals surface area contributed by atoms with Gasteiger partial charge in [-0.2, -0.15) is 0 Å². The van der Waals surface area contributed by atoms with Crippen LogP contribution in [0, 0.1) is 11.3 Å². The molecule has 2 aromatic heterocycles. The van der Waals surface area contributed by atoms with Gasteiger partial charge in [-0.1, -0.05) is 141 Å². The number of hydrogen-bond acceptors (Lipinski definition) is 4. The van der Waals surface area contributed by atoms with E-state index in [1.807, 2.05) is 0 Å². The molecule has 7 aromatic carbocycles. The van der Waals surface area contributed by atoms with Crippen molar-refractivity contribution in [3.63, 3.8) is 0 Å². The Labute approximate surface area is 360 Å². The Kier molecular flexibility index (Phi) is 7.54. The van der Waals surface area contributed by atoms with Crippen LogP contribution in [0.4, 0.5) is 11.4 Å². The van der Waals surface area contributed by atoms with E-state index in [0.717, 1.165) is 45.3 Å². The third-order valence-electron chi connectivity index (χ3n) is 14.0. The van der Waals surface area contributed by atoms with Gasteiger partial charge >= 0.3 is 0 Å².